The normalized spacial score (nSPS) is 12.4. The number of rotatable bonds is 5. The van der Waals surface area contributed by atoms with Crippen molar-refractivity contribution in [2.45, 2.75) is 13.8 Å². The lowest BCUT2D eigenvalue weighted by atomic mass is 10.1. The van der Waals surface area contributed by atoms with Crippen molar-refractivity contribution in [3.05, 3.63) is 53.1 Å². The number of ether oxygens (including phenoxy) is 3. The van der Waals surface area contributed by atoms with Crippen molar-refractivity contribution < 1.29 is 19.0 Å². The van der Waals surface area contributed by atoms with Crippen LogP contribution in [0.1, 0.15) is 16.7 Å². The minimum Gasteiger partial charge on any atom is -0.483 e. The summed E-state index contributed by atoms with van der Waals surface area (Å²) in [6.07, 6.45) is 1.54. The fourth-order valence-electron chi connectivity index (χ4n) is 2.21. The zero-order chi connectivity index (χ0) is 16.9. The van der Waals surface area contributed by atoms with Crippen LogP contribution in [0.25, 0.3) is 0 Å². The first-order valence-electron chi connectivity index (χ1n) is 7.53. The number of hydrogen-bond donors (Lipinski definition) is 1. The molecule has 2 aromatic carbocycles. The third-order valence-electron chi connectivity index (χ3n) is 3.50. The molecule has 0 spiro atoms. The van der Waals surface area contributed by atoms with Crippen LogP contribution < -0.4 is 19.6 Å². The number of hydrazone groups is 1. The van der Waals surface area contributed by atoms with Crippen molar-refractivity contribution in [1.29, 1.82) is 0 Å². The first-order chi connectivity index (χ1) is 11.6. The molecule has 0 aromatic heterocycles. The number of aryl methyl sites for hydroxylation is 2. The second-order valence-electron chi connectivity index (χ2n) is 5.46. The fourth-order valence-corrected chi connectivity index (χ4v) is 2.21. The van der Waals surface area contributed by atoms with Crippen molar-refractivity contribution in [1.82, 2.24) is 5.43 Å². The number of fused-ring (bicyclic) bond motifs is 1. The molecule has 1 amide bonds. The van der Waals surface area contributed by atoms with Crippen LogP contribution in [0.4, 0.5) is 0 Å². The molecule has 0 fully saturated rings. The third kappa shape index (κ3) is 3.84. The summed E-state index contributed by atoms with van der Waals surface area (Å²) < 4.78 is 16.0. The fraction of sp³-hybridized carbons (Fsp3) is 0.222. The van der Waals surface area contributed by atoms with Gasteiger partial charge in [0.25, 0.3) is 5.91 Å². The molecule has 0 aliphatic carbocycles. The zero-order valence-corrected chi connectivity index (χ0v) is 13.5. The van der Waals surface area contributed by atoms with Crippen molar-refractivity contribution in [2.75, 3.05) is 13.4 Å². The van der Waals surface area contributed by atoms with E-state index in [1.807, 2.05) is 38.1 Å². The molecule has 6 heteroatoms. The highest BCUT2D eigenvalue weighted by atomic mass is 16.7. The summed E-state index contributed by atoms with van der Waals surface area (Å²) >= 11 is 0. The molecule has 0 saturated carbocycles. The van der Waals surface area contributed by atoms with E-state index >= 15 is 0 Å². The van der Waals surface area contributed by atoms with Gasteiger partial charge in [-0.25, -0.2) is 5.43 Å². The summed E-state index contributed by atoms with van der Waals surface area (Å²) in [5.74, 6) is 1.75. The number of nitrogens with zero attached hydrogens (tertiary/aromatic N) is 1. The molecule has 0 saturated heterocycles. The zero-order valence-electron chi connectivity index (χ0n) is 13.5. The van der Waals surface area contributed by atoms with Gasteiger partial charge in [0.1, 0.15) is 5.75 Å². The third-order valence-corrected chi connectivity index (χ3v) is 3.50. The van der Waals surface area contributed by atoms with Crippen LogP contribution in [0.5, 0.6) is 17.2 Å². The van der Waals surface area contributed by atoms with Gasteiger partial charge in [0.2, 0.25) is 6.79 Å². The van der Waals surface area contributed by atoms with Gasteiger partial charge in [0.05, 0.1) is 6.21 Å². The van der Waals surface area contributed by atoms with E-state index in [2.05, 4.69) is 10.5 Å². The Labute approximate surface area is 140 Å². The average molecular weight is 326 g/mol. The number of hydrogen-bond acceptors (Lipinski definition) is 5. The minimum absolute atomic E-state index is 0.0945. The summed E-state index contributed by atoms with van der Waals surface area (Å²) in [7, 11) is 0. The lowest BCUT2D eigenvalue weighted by molar-refractivity contribution is -0.123. The van der Waals surface area contributed by atoms with E-state index in [0.717, 1.165) is 16.7 Å². The van der Waals surface area contributed by atoms with Crippen molar-refractivity contribution >= 4 is 12.1 Å². The molecule has 2 aromatic rings. The summed E-state index contributed by atoms with van der Waals surface area (Å²) in [6.45, 7) is 4.04. The minimum atomic E-state index is -0.326. The van der Waals surface area contributed by atoms with Crippen molar-refractivity contribution in [2.24, 2.45) is 5.10 Å². The molecule has 1 aliphatic rings. The van der Waals surface area contributed by atoms with Gasteiger partial charge in [-0.1, -0.05) is 12.1 Å². The maximum atomic E-state index is 11.8. The predicted octanol–water partition coefficient (Wildman–Crippen LogP) is 2.56. The first kappa shape index (κ1) is 15.9. The SMILES string of the molecule is Cc1ccc(C)c(OCC(=O)NN=Cc2ccc3c(c2)OCO3)c1. The molecule has 6 nitrogen and oxygen atoms in total. The Balaban J connectivity index is 1.51. The van der Waals surface area contributed by atoms with E-state index in [-0.39, 0.29) is 19.3 Å². The standard InChI is InChI=1S/C18H18N2O4/c1-12-3-4-13(2)16(7-12)22-10-18(21)20-19-9-14-5-6-15-17(8-14)24-11-23-15/h3-9H,10-11H2,1-2H3,(H,20,21). The van der Waals surface area contributed by atoms with Crippen LogP contribution in [0.3, 0.4) is 0 Å². The molecule has 0 bridgehead atoms. The molecule has 0 radical (unpaired) electrons. The number of carbonyl (C=O) groups is 1. The highest BCUT2D eigenvalue weighted by Crippen LogP contribution is 2.31. The van der Waals surface area contributed by atoms with Gasteiger partial charge in [0.15, 0.2) is 18.1 Å². The van der Waals surface area contributed by atoms with E-state index in [4.69, 9.17) is 14.2 Å². The first-order valence-corrected chi connectivity index (χ1v) is 7.53. The van der Waals surface area contributed by atoms with Crippen LogP contribution in [0, 0.1) is 13.8 Å². The van der Waals surface area contributed by atoms with E-state index in [9.17, 15) is 4.79 Å². The monoisotopic (exact) mass is 326 g/mol. The molecule has 3 rings (SSSR count). The van der Waals surface area contributed by atoms with E-state index in [0.29, 0.717) is 17.2 Å². The number of amides is 1. The Kier molecular flexibility index (Phi) is 4.65. The number of benzene rings is 2. The molecule has 0 unspecified atom stereocenters. The van der Waals surface area contributed by atoms with Gasteiger partial charge in [0, 0.05) is 0 Å². The molecule has 1 aliphatic heterocycles. The largest absolute Gasteiger partial charge is 0.483 e. The van der Waals surface area contributed by atoms with Gasteiger partial charge in [-0.05, 0) is 54.8 Å². The van der Waals surface area contributed by atoms with Crippen LogP contribution >= 0.6 is 0 Å². The van der Waals surface area contributed by atoms with Gasteiger partial charge in [-0.15, -0.1) is 0 Å². The highest BCUT2D eigenvalue weighted by Gasteiger charge is 2.12. The lowest BCUT2D eigenvalue weighted by Crippen LogP contribution is -2.24. The van der Waals surface area contributed by atoms with E-state index in [1.54, 1.807) is 12.1 Å². The summed E-state index contributed by atoms with van der Waals surface area (Å²) in [6, 6.07) is 11.3. The highest BCUT2D eigenvalue weighted by molar-refractivity contribution is 5.83. The molecule has 1 heterocycles. The number of nitrogens with one attached hydrogen (secondary N) is 1. The number of carbonyl (C=O) groups excluding carboxylic acids is 1. The Hall–Kier alpha value is -3.02. The average Bonchev–Trinajstić information content (AvgIpc) is 3.03. The quantitative estimate of drug-likeness (QED) is 0.677. The van der Waals surface area contributed by atoms with Crippen molar-refractivity contribution in [3.8, 4) is 17.2 Å². The molecule has 24 heavy (non-hydrogen) atoms. The Morgan fingerprint density at radius 3 is 2.92 bits per heavy atom. The van der Waals surface area contributed by atoms with Crippen LogP contribution in [-0.2, 0) is 4.79 Å². The van der Waals surface area contributed by atoms with Crippen LogP contribution in [0.15, 0.2) is 41.5 Å². The van der Waals surface area contributed by atoms with Gasteiger partial charge in [-0.2, -0.15) is 5.10 Å². The summed E-state index contributed by atoms with van der Waals surface area (Å²) in [4.78, 5) is 11.8. The molecule has 1 N–H and O–H groups in total. The van der Waals surface area contributed by atoms with Crippen molar-refractivity contribution in [3.63, 3.8) is 0 Å². The van der Waals surface area contributed by atoms with Gasteiger partial charge >= 0.3 is 0 Å². The second-order valence-corrected chi connectivity index (χ2v) is 5.46. The maximum Gasteiger partial charge on any atom is 0.277 e. The van der Waals surface area contributed by atoms with Gasteiger partial charge in [-0.3, -0.25) is 4.79 Å². The van der Waals surface area contributed by atoms with Crippen LogP contribution in [0.2, 0.25) is 0 Å². The topological polar surface area (TPSA) is 69.2 Å². The smallest absolute Gasteiger partial charge is 0.277 e. The summed E-state index contributed by atoms with van der Waals surface area (Å²) in [5.41, 5.74) is 5.30. The molecular weight excluding hydrogens is 308 g/mol. The lowest BCUT2D eigenvalue weighted by Gasteiger charge is -2.08. The van der Waals surface area contributed by atoms with E-state index < -0.39 is 0 Å². The second kappa shape index (κ2) is 7.04. The Bertz CT molecular complexity index is 787. The van der Waals surface area contributed by atoms with Crippen LogP contribution in [-0.4, -0.2) is 25.5 Å². The predicted molar refractivity (Wildman–Crippen MR) is 89.7 cm³/mol. The summed E-state index contributed by atoms with van der Waals surface area (Å²) in [5, 5.41) is 3.92. The molecule has 124 valence electrons. The maximum absolute atomic E-state index is 11.8. The Morgan fingerprint density at radius 2 is 2.04 bits per heavy atom. The molecule has 0 atom stereocenters. The van der Waals surface area contributed by atoms with Gasteiger partial charge < -0.3 is 14.2 Å². The molecular formula is C18H18N2O4. The van der Waals surface area contributed by atoms with E-state index in [1.165, 1.54) is 6.21 Å². The Morgan fingerprint density at radius 1 is 1.21 bits per heavy atom.